The Labute approximate surface area is 309 Å². The molecule has 274 valence electrons. The molecule has 3 aromatic rings. The van der Waals surface area contributed by atoms with Crippen molar-refractivity contribution in [2.24, 2.45) is 4.99 Å². The molecule has 0 bridgehead atoms. The van der Waals surface area contributed by atoms with E-state index in [0.29, 0.717) is 28.7 Å². The quantitative estimate of drug-likeness (QED) is 0.145. The predicted molar refractivity (Wildman–Crippen MR) is 200 cm³/mol. The number of allylic oxidation sites excluding steroid dienone is 1. The number of amides is 6. The van der Waals surface area contributed by atoms with Crippen LogP contribution in [0.3, 0.4) is 0 Å². The van der Waals surface area contributed by atoms with Crippen molar-refractivity contribution in [1.82, 2.24) is 15.5 Å². The molecule has 0 aromatic heterocycles. The summed E-state index contributed by atoms with van der Waals surface area (Å²) >= 11 is 1.34. The number of thioether (sulfide) groups is 1. The second kappa shape index (κ2) is 16.8. The first-order valence-corrected chi connectivity index (χ1v) is 18.0. The minimum atomic E-state index is -1.04. The average molecular weight is 739 g/mol. The van der Waals surface area contributed by atoms with Crippen LogP contribution in [0.5, 0.6) is 0 Å². The van der Waals surface area contributed by atoms with Crippen LogP contribution < -0.4 is 21.3 Å². The molecule has 3 aliphatic heterocycles. The SMILES string of the molecule is CC1=CSC(NC(=O)c2cccc(NC(=O)CCOCCOCCNc3cccc4c3C(=O)N(C3CCC(=O)NC3=O)C4=O)c2)=Nc2cccc(C)c21. The molecule has 4 N–H and O–H groups in total. The largest absolute Gasteiger partial charge is 0.382 e. The number of aryl methyl sites for hydroxylation is 1. The van der Waals surface area contributed by atoms with Crippen molar-refractivity contribution < 1.29 is 38.2 Å². The summed E-state index contributed by atoms with van der Waals surface area (Å²) in [6, 6.07) is 16.3. The van der Waals surface area contributed by atoms with E-state index in [9.17, 15) is 28.8 Å². The van der Waals surface area contributed by atoms with Crippen molar-refractivity contribution in [2.75, 3.05) is 43.6 Å². The van der Waals surface area contributed by atoms with Gasteiger partial charge >= 0.3 is 0 Å². The molecule has 1 atom stereocenters. The van der Waals surface area contributed by atoms with Crippen LogP contribution in [0.4, 0.5) is 17.1 Å². The molecular formula is C38H38N6O8S. The minimum Gasteiger partial charge on any atom is -0.382 e. The highest BCUT2D eigenvalue weighted by atomic mass is 32.2. The van der Waals surface area contributed by atoms with Gasteiger partial charge in [0.05, 0.1) is 49.7 Å². The Balaban J connectivity index is 0.885. The molecule has 3 aliphatic rings. The summed E-state index contributed by atoms with van der Waals surface area (Å²) in [6.07, 6.45) is 0.223. The van der Waals surface area contributed by atoms with Gasteiger partial charge in [-0.15, -0.1) is 0 Å². The number of hydrogen-bond acceptors (Lipinski definition) is 11. The van der Waals surface area contributed by atoms with Crippen molar-refractivity contribution in [3.05, 3.63) is 93.9 Å². The zero-order chi connectivity index (χ0) is 37.5. The van der Waals surface area contributed by atoms with Gasteiger partial charge in [-0.3, -0.25) is 39.0 Å². The average Bonchev–Trinajstić information content (AvgIpc) is 3.27. The van der Waals surface area contributed by atoms with Crippen LogP contribution in [0.25, 0.3) is 5.57 Å². The molecule has 1 unspecified atom stereocenters. The number of carbonyl (C=O) groups is 6. The number of imide groups is 2. The molecule has 14 nitrogen and oxygen atoms in total. The first kappa shape index (κ1) is 37.1. The van der Waals surface area contributed by atoms with Gasteiger partial charge in [-0.1, -0.05) is 36.0 Å². The Morgan fingerprint density at radius 1 is 0.906 bits per heavy atom. The van der Waals surface area contributed by atoms with E-state index >= 15 is 0 Å². The molecule has 1 saturated heterocycles. The van der Waals surface area contributed by atoms with Crippen LogP contribution in [0, 0.1) is 6.92 Å². The maximum Gasteiger partial charge on any atom is 0.264 e. The van der Waals surface area contributed by atoms with Crippen LogP contribution in [-0.4, -0.2) is 84.5 Å². The topological polar surface area (TPSA) is 185 Å². The lowest BCUT2D eigenvalue weighted by molar-refractivity contribution is -0.136. The standard InChI is InChI=1S/C38H38N6O8S/c1-22-6-3-11-28-32(22)23(2)21-53-38(41-28)43-34(47)24-7-4-8-25(20-24)40-31(46)14-16-51-18-19-52-17-15-39-27-10-5-9-26-33(27)37(50)44(36(26)49)29-12-13-30(45)42-35(29)48/h3-11,20-21,29,39H,12-19H2,1-2H3,(H,40,46)(H,41,43,47)(H,42,45,48). The van der Waals surface area contributed by atoms with E-state index in [2.05, 4.69) is 26.3 Å². The zero-order valence-corrected chi connectivity index (χ0v) is 30.0. The van der Waals surface area contributed by atoms with E-state index in [1.165, 1.54) is 17.8 Å². The molecule has 6 amide bonds. The monoisotopic (exact) mass is 738 g/mol. The summed E-state index contributed by atoms with van der Waals surface area (Å²) in [6.45, 7) is 5.31. The number of hydrogen-bond donors (Lipinski definition) is 4. The van der Waals surface area contributed by atoms with Gasteiger partial charge in [0, 0.05) is 35.5 Å². The van der Waals surface area contributed by atoms with Crippen molar-refractivity contribution >= 4 is 75.0 Å². The van der Waals surface area contributed by atoms with E-state index in [1.807, 2.05) is 37.5 Å². The highest BCUT2D eigenvalue weighted by molar-refractivity contribution is 8.16. The number of rotatable bonds is 13. The van der Waals surface area contributed by atoms with Gasteiger partial charge in [0.25, 0.3) is 17.7 Å². The van der Waals surface area contributed by atoms with Crippen LogP contribution in [0.2, 0.25) is 0 Å². The number of nitrogens with one attached hydrogen (secondary N) is 4. The number of fused-ring (bicyclic) bond motifs is 2. The Bertz CT molecular complexity index is 2050. The number of nitrogens with zero attached hydrogens (tertiary/aromatic N) is 2. The molecule has 0 saturated carbocycles. The summed E-state index contributed by atoms with van der Waals surface area (Å²) < 4.78 is 11.1. The number of benzene rings is 3. The van der Waals surface area contributed by atoms with Gasteiger partial charge in [0.15, 0.2) is 5.17 Å². The normalized spacial score (nSPS) is 16.6. The Hall–Kier alpha value is -5.64. The number of piperidine rings is 1. The van der Waals surface area contributed by atoms with E-state index in [4.69, 9.17) is 9.47 Å². The molecule has 0 radical (unpaired) electrons. The predicted octanol–water partition coefficient (Wildman–Crippen LogP) is 4.40. The molecule has 53 heavy (non-hydrogen) atoms. The van der Waals surface area contributed by atoms with Gasteiger partial charge < -0.3 is 25.4 Å². The van der Waals surface area contributed by atoms with E-state index in [-0.39, 0.29) is 68.6 Å². The molecule has 3 heterocycles. The maximum absolute atomic E-state index is 13.2. The lowest BCUT2D eigenvalue weighted by Crippen LogP contribution is -2.54. The van der Waals surface area contributed by atoms with E-state index < -0.39 is 29.7 Å². The molecule has 3 aromatic carbocycles. The van der Waals surface area contributed by atoms with Gasteiger partial charge in [-0.25, -0.2) is 4.99 Å². The second-order valence-electron chi connectivity index (χ2n) is 12.5. The highest BCUT2D eigenvalue weighted by Gasteiger charge is 2.45. The third kappa shape index (κ3) is 8.71. The number of aliphatic imine (C=N–C) groups is 1. The van der Waals surface area contributed by atoms with Crippen LogP contribution in [-0.2, 0) is 23.9 Å². The third-order valence-electron chi connectivity index (χ3n) is 8.72. The highest BCUT2D eigenvalue weighted by Crippen LogP contribution is 2.35. The van der Waals surface area contributed by atoms with Crippen LogP contribution in [0.15, 0.2) is 71.1 Å². The van der Waals surface area contributed by atoms with Crippen molar-refractivity contribution in [2.45, 2.75) is 39.2 Å². The van der Waals surface area contributed by atoms with Gasteiger partial charge in [-0.05, 0) is 73.2 Å². The van der Waals surface area contributed by atoms with Crippen molar-refractivity contribution in [1.29, 1.82) is 0 Å². The lowest BCUT2D eigenvalue weighted by atomic mass is 10.0. The molecule has 6 rings (SSSR count). The lowest BCUT2D eigenvalue weighted by Gasteiger charge is -2.27. The fraction of sp³-hybridized carbons (Fsp3) is 0.289. The number of ether oxygens (including phenoxy) is 2. The smallest absolute Gasteiger partial charge is 0.264 e. The summed E-state index contributed by atoms with van der Waals surface area (Å²) in [5, 5.41) is 13.4. The summed E-state index contributed by atoms with van der Waals surface area (Å²) in [5.41, 5.74) is 5.67. The molecule has 0 spiro atoms. The molecule has 1 fully saturated rings. The van der Waals surface area contributed by atoms with Gasteiger partial charge in [0.1, 0.15) is 6.04 Å². The van der Waals surface area contributed by atoms with Gasteiger partial charge in [-0.2, -0.15) is 0 Å². The summed E-state index contributed by atoms with van der Waals surface area (Å²) in [4.78, 5) is 81.3. The van der Waals surface area contributed by atoms with Crippen molar-refractivity contribution in [3.63, 3.8) is 0 Å². The Morgan fingerprint density at radius 2 is 1.68 bits per heavy atom. The van der Waals surface area contributed by atoms with E-state index in [1.54, 1.807) is 36.4 Å². The first-order valence-electron chi connectivity index (χ1n) is 17.1. The Morgan fingerprint density at radius 3 is 2.49 bits per heavy atom. The van der Waals surface area contributed by atoms with Crippen LogP contribution >= 0.6 is 11.8 Å². The van der Waals surface area contributed by atoms with Crippen molar-refractivity contribution in [3.8, 4) is 0 Å². The first-order chi connectivity index (χ1) is 25.6. The molecular weight excluding hydrogens is 701 g/mol. The second-order valence-corrected chi connectivity index (χ2v) is 13.3. The number of carbonyl (C=O) groups excluding carboxylic acids is 6. The molecule has 15 heteroatoms. The molecule has 0 aliphatic carbocycles. The number of amidine groups is 1. The Kier molecular flexibility index (Phi) is 11.8. The maximum atomic E-state index is 13.2. The van der Waals surface area contributed by atoms with E-state index in [0.717, 1.165) is 27.3 Å². The fourth-order valence-electron chi connectivity index (χ4n) is 6.19. The fourth-order valence-corrected chi connectivity index (χ4v) is 6.90. The van der Waals surface area contributed by atoms with Gasteiger partial charge in [0.2, 0.25) is 17.7 Å². The number of anilines is 2. The summed E-state index contributed by atoms with van der Waals surface area (Å²) in [5.74, 6) is -2.88. The zero-order valence-electron chi connectivity index (χ0n) is 29.2. The third-order valence-corrected chi connectivity index (χ3v) is 9.61. The van der Waals surface area contributed by atoms with Crippen LogP contribution in [0.1, 0.15) is 68.4 Å². The summed E-state index contributed by atoms with van der Waals surface area (Å²) in [7, 11) is 0. The minimum absolute atomic E-state index is 0.0464.